The summed E-state index contributed by atoms with van der Waals surface area (Å²) in [7, 11) is 1.36. The van der Waals surface area contributed by atoms with Crippen molar-refractivity contribution in [2.24, 2.45) is 0 Å². The molecule has 7 heteroatoms. The van der Waals surface area contributed by atoms with E-state index in [0.717, 1.165) is 4.90 Å². The van der Waals surface area contributed by atoms with E-state index < -0.39 is 30.9 Å². The highest BCUT2D eigenvalue weighted by Gasteiger charge is 2.28. The molecule has 0 radical (unpaired) electrons. The fraction of sp³-hybridized carbons (Fsp3) is 0.778. The molecule has 0 aliphatic rings. The van der Waals surface area contributed by atoms with Gasteiger partial charge in [-0.1, -0.05) is 0 Å². The van der Waals surface area contributed by atoms with Gasteiger partial charge in [0.1, 0.15) is 0 Å². The highest BCUT2D eigenvalue weighted by molar-refractivity contribution is 5.76. The summed E-state index contributed by atoms with van der Waals surface area (Å²) in [6.07, 6.45) is -5.93. The SMILES string of the molecule is CN(CCCC(=O)O)C(=O)CCC(F)(F)F. The minimum atomic E-state index is -4.34. The molecule has 0 spiro atoms. The van der Waals surface area contributed by atoms with Crippen LogP contribution in [-0.4, -0.2) is 41.7 Å². The summed E-state index contributed by atoms with van der Waals surface area (Å²) in [5.41, 5.74) is 0. The first-order valence-electron chi connectivity index (χ1n) is 4.75. The Morgan fingerprint density at radius 3 is 2.25 bits per heavy atom. The Bertz CT molecular complexity index is 253. The molecule has 1 N–H and O–H groups in total. The number of aliphatic carboxylic acids is 1. The van der Waals surface area contributed by atoms with Crippen LogP contribution in [0.5, 0.6) is 0 Å². The summed E-state index contributed by atoms with van der Waals surface area (Å²) in [5, 5.41) is 8.32. The summed E-state index contributed by atoms with van der Waals surface area (Å²) in [6.45, 7) is 0.156. The molecular formula is C9H14F3NO3. The van der Waals surface area contributed by atoms with E-state index >= 15 is 0 Å². The zero-order valence-corrected chi connectivity index (χ0v) is 8.88. The van der Waals surface area contributed by atoms with Crippen molar-refractivity contribution in [1.29, 1.82) is 0 Å². The van der Waals surface area contributed by atoms with Gasteiger partial charge in [-0.05, 0) is 6.42 Å². The van der Waals surface area contributed by atoms with Crippen molar-refractivity contribution in [1.82, 2.24) is 4.90 Å². The van der Waals surface area contributed by atoms with Gasteiger partial charge < -0.3 is 10.0 Å². The fourth-order valence-corrected chi connectivity index (χ4v) is 1.03. The topological polar surface area (TPSA) is 57.6 Å². The van der Waals surface area contributed by atoms with E-state index in [4.69, 9.17) is 5.11 Å². The molecule has 0 fully saturated rings. The Kier molecular flexibility index (Phi) is 5.84. The van der Waals surface area contributed by atoms with Crippen LogP contribution in [0.15, 0.2) is 0 Å². The average molecular weight is 241 g/mol. The number of hydrogen-bond donors (Lipinski definition) is 1. The zero-order chi connectivity index (χ0) is 12.8. The third-order valence-electron chi connectivity index (χ3n) is 1.93. The van der Waals surface area contributed by atoms with Gasteiger partial charge in [0.25, 0.3) is 0 Å². The third-order valence-corrected chi connectivity index (χ3v) is 1.93. The highest BCUT2D eigenvalue weighted by atomic mass is 19.4. The van der Waals surface area contributed by atoms with E-state index in [2.05, 4.69) is 0 Å². The number of amides is 1. The molecule has 94 valence electrons. The van der Waals surface area contributed by atoms with Crippen LogP contribution in [0.2, 0.25) is 0 Å². The molecular weight excluding hydrogens is 227 g/mol. The summed E-state index contributed by atoms with van der Waals surface area (Å²) in [4.78, 5) is 22.4. The molecule has 0 aromatic heterocycles. The number of alkyl halides is 3. The number of halogens is 3. The van der Waals surface area contributed by atoms with Crippen molar-refractivity contribution in [3.8, 4) is 0 Å². The molecule has 1 amide bonds. The van der Waals surface area contributed by atoms with Crippen LogP contribution in [-0.2, 0) is 9.59 Å². The molecule has 0 aliphatic heterocycles. The maximum absolute atomic E-state index is 11.8. The number of rotatable bonds is 6. The summed E-state index contributed by atoms with van der Waals surface area (Å²) in [5.74, 6) is -1.61. The van der Waals surface area contributed by atoms with Crippen molar-refractivity contribution in [3.63, 3.8) is 0 Å². The lowest BCUT2D eigenvalue weighted by Gasteiger charge is -2.17. The fourth-order valence-electron chi connectivity index (χ4n) is 1.03. The molecule has 0 aromatic rings. The maximum Gasteiger partial charge on any atom is 0.389 e. The van der Waals surface area contributed by atoms with Crippen LogP contribution in [0, 0.1) is 0 Å². The second-order valence-corrected chi connectivity index (χ2v) is 3.43. The Morgan fingerprint density at radius 1 is 1.25 bits per heavy atom. The number of carbonyl (C=O) groups excluding carboxylic acids is 1. The van der Waals surface area contributed by atoms with Gasteiger partial charge in [0.05, 0.1) is 6.42 Å². The van der Waals surface area contributed by atoms with E-state index in [9.17, 15) is 22.8 Å². The molecule has 0 heterocycles. The van der Waals surface area contributed by atoms with Crippen LogP contribution in [0.4, 0.5) is 13.2 Å². The van der Waals surface area contributed by atoms with Gasteiger partial charge in [-0.15, -0.1) is 0 Å². The first-order chi connectivity index (χ1) is 7.22. The van der Waals surface area contributed by atoms with Gasteiger partial charge in [0.15, 0.2) is 0 Å². The summed E-state index contributed by atoms with van der Waals surface area (Å²) < 4.78 is 35.4. The maximum atomic E-state index is 11.8. The Balaban J connectivity index is 3.78. The van der Waals surface area contributed by atoms with E-state index in [1.807, 2.05) is 0 Å². The lowest BCUT2D eigenvalue weighted by atomic mass is 10.2. The van der Waals surface area contributed by atoms with Crippen molar-refractivity contribution in [2.75, 3.05) is 13.6 Å². The molecule has 0 unspecified atom stereocenters. The van der Waals surface area contributed by atoms with E-state index in [0.29, 0.717) is 0 Å². The number of carbonyl (C=O) groups is 2. The van der Waals surface area contributed by atoms with Gasteiger partial charge in [-0.25, -0.2) is 0 Å². The summed E-state index contributed by atoms with van der Waals surface area (Å²) in [6, 6.07) is 0. The Labute approximate surface area is 91.0 Å². The predicted octanol–water partition coefficient (Wildman–Crippen LogP) is 1.65. The largest absolute Gasteiger partial charge is 0.481 e. The summed E-state index contributed by atoms with van der Waals surface area (Å²) >= 11 is 0. The highest BCUT2D eigenvalue weighted by Crippen LogP contribution is 2.21. The zero-order valence-electron chi connectivity index (χ0n) is 8.88. The monoisotopic (exact) mass is 241 g/mol. The average Bonchev–Trinajstić information content (AvgIpc) is 2.12. The lowest BCUT2D eigenvalue weighted by molar-refractivity contribution is -0.148. The molecule has 0 saturated carbocycles. The van der Waals surface area contributed by atoms with Crippen LogP contribution < -0.4 is 0 Å². The van der Waals surface area contributed by atoms with Crippen molar-refractivity contribution < 1.29 is 27.9 Å². The molecule has 0 atom stereocenters. The van der Waals surface area contributed by atoms with E-state index in [1.165, 1.54) is 7.05 Å². The number of carboxylic acids is 1. The van der Waals surface area contributed by atoms with Crippen molar-refractivity contribution >= 4 is 11.9 Å². The van der Waals surface area contributed by atoms with Crippen LogP contribution in [0.3, 0.4) is 0 Å². The van der Waals surface area contributed by atoms with Crippen LogP contribution >= 0.6 is 0 Å². The first kappa shape index (κ1) is 14.7. The van der Waals surface area contributed by atoms with E-state index in [1.54, 1.807) is 0 Å². The van der Waals surface area contributed by atoms with Gasteiger partial charge >= 0.3 is 12.1 Å². The smallest absolute Gasteiger partial charge is 0.389 e. The Morgan fingerprint density at radius 2 is 1.81 bits per heavy atom. The van der Waals surface area contributed by atoms with Gasteiger partial charge in [0.2, 0.25) is 5.91 Å². The van der Waals surface area contributed by atoms with Gasteiger partial charge in [0, 0.05) is 26.4 Å². The number of carboxylic acid groups (broad SMARTS) is 1. The number of nitrogens with zero attached hydrogens (tertiary/aromatic N) is 1. The standard InChI is InChI=1S/C9H14F3NO3/c1-13(6-2-3-8(15)16)7(14)4-5-9(10,11)12/h2-6H2,1H3,(H,15,16). The molecule has 0 saturated heterocycles. The predicted molar refractivity (Wildman–Crippen MR) is 49.8 cm³/mol. The number of hydrogen-bond acceptors (Lipinski definition) is 2. The van der Waals surface area contributed by atoms with Crippen LogP contribution in [0.25, 0.3) is 0 Å². The van der Waals surface area contributed by atoms with Gasteiger partial charge in [-0.2, -0.15) is 13.2 Å². The first-order valence-corrected chi connectivity index (χ1v) is 4.75. The second-order valence-electron chi connectivity index (χ2n) is 3.43. The van der Waals surface area contributed by atoms with Gasteiger partial charge in [-0.3, -0.25) is 9.59 Å². The van der Waals surface area contributed by atoms with Crippen LogP contribution in [0.1, 0.15) is 25.7 Å². The normalized spacial score (nSPS) is 11.2. The third kappa shape index (κ3) is 8.07. The minimum Gasteiger partial charge on any atom is -0.481 e. The molecule has 0 aliphatic carbocycles. The molecule has 0 rings (SSSR count). The quantitative estimate of drug-likeness (QED) is 0.769. The molecule has 0 aromatic carbocycles. The van der Waals surface area contributed by atoms with Crippen molar-refractivity contribution in [3.05, 3.63) is 0 Å². The minimum absolute atomic E-state index is 0.100. The molecule has 4 nitrogen and oxygen atoms in total. The molecule has 0 bridgehead atoms. The lowest BCUT2D eigenvalue weighted by Crippen LogP contribution is -2.29. The Hall–Kier alpha value is -1.27. The van der Waals surface area contributed by atoms with Crippen molar-refractivity contribution in [2.45, 2.75) is 31.9 Å². The second kappa shape index (κ2) is 6.34. The molecule has 16 heavy (non-hydrogen) atoms. The van der Waals surface area contributed by atoms with E-state index in [-0.39, 0.29) is 19.4 Å².